The lowest BCUT2D eigenvalue weighted by Crippen LogP contribution is -2.44. The maximum absolute atomic E-state index is 11.8. The third-order valence-corrected chi connectivity index (χ3v) is 3.50. The highest BCUT2D eigenvalue weighted by Gasteiger charge is 2.26. The number of furan rings is 1. The maximum Gasteiger partial charge on any atom is 0.315 e. The Morgan fingerprint density at radius 1 is 1.25 bits per heavy atom. The minimum atomic E-state index is -1.25. The molecular weight excluding hydrogens is 308 g/mol. The number of hydrogen-bond acceptors (Lipinski definition) is 4. The van der Waals surface area contributed by atoms with E-state index in [2.05, 4.69) is 16.7 Å². The number of rotatable bonds is 7. The number of carbonyl (C=O) groups excluding carboxylic acids is 1. The van der Waals surface area contributed by atoms with Crippen molar-refractivity contribution in [3.8, 4) is 5.75 Å². The van der Waals surface area contributed by atoms with Crippen LogP contribution in [0.25, 0.3) is 0 Å². The lowest BCUT2D eigenvalue weighted by Gasteiger charge is -2.21. The van der Waals surface area contributed by atoms with E-state index in [4.69, 9.17) is 9.15 Å². The monoisotopic (exact) mass is 332 g/mol. The van der Waals surface area contributed by atoms with E-state index in [1.54, 1.807) is 19.1 Å². The number of urea groups is 1. The van der Waals surface area contributed by atoms with E-state index in [0.29, 0.717) is 18.9 Å². The Hall–Kier alpha value is -2.47. The molecule has 6 nitrogen and oxygen atoms in total. The van der Waals surface area contributed by atoms with Crippen molar-refractivity contribution in [3.05, 3.63) is 53.5 Å². The number of nitrogens with one attached hydrogen (secondary N) is 2. The van der Waals surface area contributed by atoms with Gasteiger partial charge in [-0.25, -0.2) is 4.79 Å². The molecule has 2 rings (SSSR count). The Kier molecular flexibility index (Phi) is 5.87. The molecule has 24 heavy (non-hydrogen) atoms. The summed E-state index contributed by atoms with van der Waals surface area (Å²) in [6, 6.07) is 8.96. The number of ether oxygens (including phenoxy) is 1. The molecule has 3 N–H and O–H groups in total. The first-order valence-electron chi connectivity index (χ1n) is 7.86. The van der Waals surface area contributed by atoms with Gasteiger partial charge < -0.3 is 24.9 Å². The van der Waals surface area contributed by atoms with Gasteiger partial charge in [-0.05, 0) is 56.2 Å². The lowest BCUT2D eigenvalue weighted by molar-refractivity contribution is 0.0367. The van der Waals surface area contributed by atoms with Crippen LogP contribution in [0.15, 0.2) is 41.0 Å². The van der Waals surface area contributed by atoms with E-state index in [1.807, 2.05) is 26.0 Å². The van der Waals surface area contributed by atoms with Crippen LogP contribution < -0.4 is 15.4 Å². The van der Waals surface area contributed by atoms with Crippen LogP contribution in [0.5, 0.6) is 5.75 Å². The second-order valence-electron chi connectivity index (χ2n) is 6.03. The molecule has 0 aliphatic rings. The summed E-state index contributed by atoms with van der Waals surface area (Å²) < 4.78 is 10.8. The summed E-state index contributed by atoms with van der Waals surface area (Å²) in [6.45, 7) is 6.37. The zero-order valence-electron chi connectivity index (χ0n) is 14.3. The Bertz CT molecular complexity index is 645. The van der Waals surface area contributed by atoms with Crippen LogP contribution in [0, 0.1) is 13.8 Å². The van der Waals surface area contributed by atoms with Crippen LogP contribution in [0.2, 0.25) is 0 Å². The Morgan fingerprint density at radius 3 is 2.58 bits per heavy atom. The number of hydrogen-bond donors (Lipinski definition) is 3. The molecule has 1 heterocycles. The highest BCUT2D eigenvalue weighted by atomic mass is 16.5. The van der Waals surface area contributed by atoms with Gasteiger partial charge in [0, 0.05) is 0 Å². The molecule has 0 saturated heterocycles. The van der Waals surface area contributed by atoms with Crippen molar-refractivity contribution in [2.24, 2.45) is 0 Å². The van der Waals surface area contributed by atoms with Gasteiger partial charge >= 0.3 is 6.03 Å². The molecule has 0 saturated carbocycles. The second-order valence-corrected chi connectivity index (χ2v) is 6.03. The topological polar surface area (TPSA) is 83.7 Å². The molecule has 0 radical (unpaired) electrons. The molecule has 130 valence electrons. The molecule has 0 aliphatic heterocycles. The number of aryl methyl sites for hydroxylation is 2. The van der Waals surface area contributed by atoms with E-state index in [-0.39, 0.29) is 12.6 Å². The average molecular weight is 332 g/mol. The zero-order chi connectivity index (χ0) is 17.6. The van der Waals surface area contributed by atoms with Crippen molar-refractivity contribution in [1.29, 1.82) is 0 Å². The van der Waals surface area contributed by atoms with Crippen molar-refractivity contribution in [2.45, 2.75) is 26.4 Å². The molecule has 1 aromatic carbocycles. The predicted octanol–water partition coefficient (Wildman–Crippen LogP) is 2.48. The standard InChI is InChI=1S/C18H24N2O4/c1-13-9-14(2)11-15(10-13)23-8-6-19-17(21)20-12-18(3,22)16-5-4-7-24-16/h4-5,7,9-11,22H,6,8,12H2,1-3H3,(H2,19,20,21). The number of benzene rings is 1. The van der Waals surface area contributed by atoms with E-state index in [0.717, 1.165) is 16.9 Å². The summed E-state index contributed by atoms with van der Waals surface area (Å²) in [7, 11) is 0. The highest BCUT2D eigenvalue weighted by Crippen LogP contribution is 2.19. The van der Waals surface area contributed by atoms with Crippen LogP contribution in [0.3, 0.4) is 0 Å². The largest absolute Gasteiger partial charge is 0.492 e. The minimum absolute atomic E-state index is 0.0459. The van der Waals surface area contributed by atoms with Crippen molar-refractivity contribution >= 4 is 6.03 Å². The summed E-state index contributed by atoms with van der Waals surface area (Å²) in [4.78, 5) is 11.8. The first kappa shape index (κ1) is 17.9. The van der Waals surface area contributed by atoms with Crippen LogP contribution in [-0.4, -0.2) is 30.8 Å². The maximum atomic E-state index is 11.8. The fourth-order valence-electron chi connectivity index (χ4n) is 2.34. The van der Waals surface area contributed by atoms with Crippen molar-refractivity contribution in [2.75, 3.05) is 19.7 Å². The molecule has 6 heteroatoms. The molecular formula is C18H24N2O4. The summed E-state index contributed by atoms with van der Waals surface area (Å²) in [5.41, 5.74) is 1.02. The third-order valence-electron chi connectivity index (χ3n) is 3.50. The summed E-state index contributed by atoms with van der Waals surface area (Å²) in [6.07, 6.45) is 1.48. The summed E-state index contributed by atoms with van der Waals surface area (Å²) in [5.74, 6) is 1.19. The van der Waals surface area contributed by atoms with Gasteiger partial charge in [0.15, 0.2) is 0 Å². The smallest absolute Gasteiger partial charge is 0.315 e. The van der Waals surface area contributed by atoms with Gasteiger partial charge in [0.2, 0.25) is 0 Å². The van der Waals surface area contributed by atoms with E-state index < -0.39 is 5.60 Å². The van der Waals surface area contributed by atoms with Crippen LogP contribution >= 0.6 is 0 Å². The number of carbonyl (C=O) groups is 1. The van der Waals surface area contributed by atoms with E-state index in [1.165, 1.54) is 6.26 Å². The second kappa shape index (κ2) is 7.88. The Morgan fingerprint density at radius 2 is 1.96 bits per heavy atom. The van der Waals surface area contributed by atoms with Gasteiger partial charge in [-0.2, -0.15) is 0 Å². The van der Waals surface area contributed by atoms with Crippen molar-refractivity contribution < 1.29 is 19.1 Å². The zero-order valence-corrected chi connectivity index (χ0v) is 14.3. The van der Waals surface area contributed by atoms with Gasteiger partial charge in [0.25, 0.3) is 0 Å². The molecule has 0 bridgehead atoms. The fraction of sp³-hybridized carbons (Fsp3) is 0.389. The average Bonchev–Trinajstić information content (AvgIpc) is 3.04. The van der Waals surface area contributed by atoms with Crippen molar-refractivity contribution in [3.63, 3.8) is 0 Å². The lowest BCUT2D eigenvalue weighted by atomic mass is 10.0. The van der Waals surface area contributed by atoms with Gasteiger partial charge in [0.05, 0.1) is 19.4 Å². The summed E-state index contributed by atoms with van der Waals surface area (Å²) >= 11 is 0. The number of aliphatic hydroxyl groups is 1. The van der Waals surface area contributed by atoms with Crippen LogP contribution in [0.4, 0.5) is 4.79 Å². The Labute approximate surface area is 141 Å². The van der Waals surface area contributed by atoms with Crippen LogP contribution in [-0.2, 0) is 5.60 Å². The molecule has 2 amide bonds. The van der Waals surface area contributed by atoms with Gasteiger partial charge in [0.1, 0.15) is 23.7 Å². The van der Waals surface area contributed by atoms with Gasteiger partial charge in [-0.15, -0.1) is 0 Å². The van der Waals surface area contributed by atoms with E-state index in [9.17, 15) is 9.90 Å². The number of amides is 2. The Balaban J connectivity index is 1.68. The van der Waals surface area contributed by atoms with Crippen molar-refractivity contribution in [1.82, 2.24) is 10.6 Å². The third kappa shape index (κ3) is 5.31. The normalized spacial score (nSPS) is 13.2. The fourth-order valence-corrected chi connectivity index (χ4v) is 2.34. The predicted molar refractivity (Wildman–Crippen MR) is 91.1 cm³/mol. The summed E-state index contributed by atoms with van der Waals surface area (Å²) in [5, 5.41) is 15.5. The molecule has 0 fully saturated rings. The SMILES string of the molecule is Cc1cc(C)cc(OCCNC(=O)NCC(C)(O)c2ccco2)c1. The quantitative estimate of drug-likeness (QED) is 0.680. The molecule has 2 aromatic rings. The van der Waals surface area contributed by atoms with Crippen LogP contribution in [0.1, 0.15) is 23.8 Å². The molecule has 0 aliphatic carbocycles. The minimum Gasteiger partial charge on any atom is -0.492 e. The first-order chi connectivity index (χ1) is 11.4. The van der Waals surface area contributed by atoms with Gasteiger partial charge in [-0.3, -0.25) is 0 Å². The highest BCUT2D eigenvalue weighted by molar-refractivity contribution is 5.73. The van der Waals surface area contributed by atoms with Gasteiger partial charge in [-0.1, -0.05) is 6.07 Å². The first-order valence-corrected chi connectivity index (χ1v) is 7.86. The molecule has 1 unspecified atom stereocenters. The molecule has 0 spiro atoms. The molecule has 1 atom stereocenters. The molecule has 1 aromatic heterocycles. The van der Waals surface area contributed by atoms with E-state index >= 15 is 0 Å².